The summed E-state index contributed by atoms with van der Waals surface area (Å²) in [6.45, 7) is 14.5. The number of rotatable bonds is 4. The Balaban J connectivity index is 1.59. The lowest BCUT2D eigenvalue weighted by Crippen LogP contribution is -2.48. The molecule has 8 atom stereocenters. The number of aliphatic hydroxyl groups is 1. The molecule has 0 aliphatic heterocycles. The summed E-state index contributed by atoms with van der Waals surface area (Å²) in [5, 5.41) is 10.2. The third-order valence-electron chi connectivity index (χ3n) is 9.94. The molecule has 29 heavy (non-hydrogen) atoms. The van der Waals surface area contributed by atoms with Crippen molar-refractivity contribution in [3.63, 3.8) is 0 Å². The molecule has 0 aromatic rings. The van der Waals surface area contributed by atoms with E-state index in [1.165, 1.54) is 32.1 Å². The van der Waals surface area contributed by atoms with Crippen molar-refractivity contribution in [2.45, 2.75) is 92.6 Å². The Bertz CT molecular complexity index is 712. The van der Waals surface area contributed by atoms with Gasteiger partial charge < -0.3 is 5.11 Å². The minimum Gasteiger partial charge on any atom is -0.393 e. The van der Waals surface area contributed by atoms with Crippen LogP contribution in [0.15, 0.2) is 35.5 Å². The summed E-state index contributed by atoms with van der Waals surface area (Å²) in [7, 11) is 0. The molecular weight excluding hydrogens is 352 g/mol. The minimum atomic E-state index is -0.0484. The summed E-state index contributed by atoms with van der Waals surface area (Å²) in [5.74, 6) is 4.09. The molecule has 0 bridgehead atoms. The highest BCUT2D eigenvalue weighted by molar-refractivity contribution is 5.44. The molecule has 4 aliphatic rings. The van der Waals surface area contributed by atoms with Crippen molar-refractivity contribution >= 4 is 0 Å². The van der Waals surface area contributed by atoms with E-state index in [2.05, 4.69) is 65.8 Å². The molecule has 2 fully saturated rings. The molecule has 1 heteroatoms. The van der Waals surface area contributed by atoms with Gasteiger partial charge in [-0.25, -0.2) is 0 Å². The first-order valence-electron chi connectivity index (χ1n) is 12.4. The molecule has 0 saturated heterocycles. The van der Waals surface area contributed by atoms with Crippen molar-refractivity contribution in [2.24, 2.45) is 46.3 Å². The zero-order valence-corrected chi connectivity index (χ0v) is 19.7. The average molecular weight is 397 g/mol. The molecule has 1 nitrogen and oxygen atoms in total. The van der Waals surface area contributed by atoms with E-state index in [0.29, 0.717) is 34.5 Å². The van der Waals surface area contributed by atoms with Crippen LogP contribution in [0.25, 0.3) is 0 Å². The SMILES string of the molecule is CC(C)[C@H](C)/C=C/[C@@H](C)[C@H]1C=CC2=C3CC[C@H]4C[C@@H](O)CC[C@]4(C)[C@H]3CC[C@@]21C. The number of hydrogen-bond acceptors (Lipinski definition) is 1. The van der Waals surface area contributed by atoms with E-state index >= 15 is 0 Å². The quantitative estimate of drug-likeness (QED) is 0.493. The molecule has 1 N–H and O–H groups in total. The summed E-state index contributed by atoms with van der Waals surface area (Å²) in [6, 6.07) is 0. The molecule has 0 spiro atoms. The van der Waals surface area contributed by atoms with Gasteiger partial charge in [0.2, 0.25) is 0 Å². The predicted octanol–water partition coefficient (Wildman–Crippen LogP) is 7.33. The molecule has 0 aromatic heterocycles. The molecule has 0 radical (unpaired) electrons. The summed E-state index contributed by atoms with van der Waals surface area (Å²) >= 11 is 0. The largest absolute Gasteiger partial charge is 0.393 e. The fourth-order valence-corrected chi connectivity index (χ4v) is 7.48. The second kappa shape index (κ2) is 7.70. The Morgan fingerprint density at radius 1 is 1.03 bits per heavy atom. The van der Waals surface area contributed by atoms with Crippen LogP contribution in [0.3, 0.4) is 0 Å². The lowest BCUT2D eigenvalue weighted by Gasteiger charge is -2.56. The van der Waals surface area contributed by atoms with Crippen LogP contribution < -0.4 is 0 Å². The molecule has 0 unspecified atom stereocenters. The minimum absolute atomic E-state index is 0.0484. The number of hydrogen-bond donors (Lipinski definition) is 1. The maximum atomic E-state index is 10.2. The van der Waals surface area contributed by atoms with Gasteiger partial charge in [-0.3, -0.25) is 0 Å². The van der Waals surface area contributed by atoms with E-state index in [-0.39, 0.29) is 6.10 Å². The van der Waals surface area contributed by atoms with Crippen molar-refractivity contribution in [2.75, 3.05) is 0 Å². The molecule has 0 amide bonds. The molecular formula is C28H44O. The molecule has 4 aliphatic carbocycles. The molecule has 2 saturated carbocycles. The normalized spacial score (nSPS) is 44.0. The van der Waals surface area contributed by atoms with Crippen molar-refractivity contribution < 1.29 is 5.11 Å². The smallest absolute Gasteiger partial charge is 0.0543 e. The fraction of sp³-hybridized carbons (Fsp3) is 0.786. The summed E-state index contributed by atoms with van der Waals surface area (Å²) in [5.41, 5.74) is 4.26. The monoisotopic (exact) mass is 396 g/mol. The summed E-state index contributed by atoms with van der Waals surface area (Å²) in [4.78, 5) is 0. The van der Waals surface area contributed by atoms with Gasteiger partial charge in [0.25, 0.3) is 0 Å². The van der Waals surface area contributed by atoms with Crippen molar-refractivity contribution in [1.29, 1.82) is 0 Å². The lowest BCUT2D eigenvalue weighted by atomic mass is 9.48. The average Bonchev–Trinajstić information content (AvgIpc) is 3.03. The van der Waals surface area contributed by atoms with Crippen LogP contribution in [-0.4, -0.2) is 11.2 Å². The Hall–Kier alpha value is -0.820. The highest BCUT2D eigenvalue weighted by Crippen LogP contribution is 2.64. The second-order valence-corrected chi connectivity index (χ2v) is 11.8. The van der Waals surface area contributed by atoms with Gasteiger partial charge >= 0.3 is 0 Å². The maximum Gasteiger partial charge on any atom is 0.0543 e. The standard InChI is InChI=1S/C28H44O/c1-18(2)19(3)7-8-20(4)24-11-12-25-23-10-9-21-17-22(29)13-15-27(21,5)26(23)14-16-28(24,25)6/h7-8,11-12,18-22,24,26,29H,9-10,13-17H2,1-6H3/b8-7+/t19-,20-,21+,22+,24-,26+,27+,28-/m1/s1. The highest BCUT2D eigenvalue weighted by atomic mass is 16.3. The molecule has 4 rings (SSSR count). The van der Waals surface area contributed by atoms with Gasteiger partial charge in [0, 0.05) is 0 Å². The van der Waals surface area contributed by atoms with Crippen LogP contribution >= 0.6 is 0 Å². The van der Waals surface area contributed by atoms with Gasteiger partial charge in [-0.15, -0.1) is 0 Å². The van der Waals surface area contributed by atoms with Crippen molar-refractivity contribution in [3.05, 3.63) is 35.5 Å². The maximum absolute atomic E-state index is 10.2. The van der Waals surface area contributed by atoms with E-state index in [9.17, 15) is 5.11 Å². The van der Waals surface area contributed by atoms with Crippen molar-refractivity contribution in [1.82, 2.24) is 0 Å². The van der Waals surface area contributed by atoms with Crippen LogP contribution in [0.5, 0.6) is 0 Å². The zero-order chi connectivity index (χ0) is 21.0. The van der Waals surface area contributed by atoms with Gasteiger partial charge in [-0.1, -0.05) is 71.4 Å². The first kappa shape index (κ1) is 21.4. The predicted molar refractivity (Wildman–Crippen MR) is 123 cm³/mol. The lowest BCUT2D eigenvalue weighted by molar-refractivity contribution is -0.0372. The van der Waals surface area contributed by atoms with Crippen LogP contribution in [-0.2, 0) is 0 Å². The molecule has 0 heterocycles. The fourth-order valence-electron chi connectivity index (χ4n) is 7.48. The van der Waals surface area contributed by atoms with Gasteiger partial charge in [0.05, 0.1) is 6.10 Å². The number of fused-ring (bicyclic) bond motifs is 4. The van der Waals surface area contributed by atoms with Gasteiger partial charge in [-0.2, -0.15) is 0 Å². The Labute approximate surface area is 179 Å². The van der Waals surface area contributed by atoms with Crippen molar-refractivity contribution in [3.8, 4) is 0 Å². The third-order valence-corrected chi connectivity index (χ3v) is 9.94. The summed E-state index contributed by atoms with van der Waals surface area (Å²) in [6.07, 6.45) is 18.5. The second-order valence-electron chi connectivity index (χ2n) is 11.8. The highest BCUT2D eigenvalue weighted by Gasteiger charge is 2.54. The molecule has 0 aromatic carbocycles. The first-order chi connectivity index (χ1) is 13.7. The number of allylic oxidation sites excluding steroid dienone is 6. The summed E-state index contributed by atoms with van der Waals surface area (Å²) < 4.78 is 0. The first-order valence-corrected chi connectivity index (χ1v) is 12.4. The number of aliphatic hydroxyl groups excluding tert-OH is 1. The van der Waals surface area contributed by atoms with E-state index < -0.39 is 0 Å². The Morgan fingerprint density at radius 3 is 2.52 bits per heavy atom. The topological polar surface area (TPSA) is 20.2 Å². The van der Waals surface area contributed by atoms with Gasteiger partial charge in [-0.05, 0) is 96.9 Å². The zero-order valence-electron chi connectivity index (χ0n) is 19.7. The van der Waals surface area contributed by atoms with Gasteiger partial charge in [0.15, 0.2) is 0 Å². The van der Waals surface area contributed by atoms with Crippen LogP contribution in [0.2, 0.25) is 0 Å². The van der Waals surface area contributed by atoms with Crippen LogP contribution in [0.4, 0.5) is 0 Å². The van der Waals surface area contributed by atoms with Crippen LogP contribution in [0, 0.1) is 46.3 Å². The van der Waals surface area contributed by atoms with E-state index in [1.54, 1.807) is 11.1 Å². The molecule has 162 valence electrons. The van der Waals surface area contributed by atoms with E-state index in [1.807, 2.05) is 0 Å². The third kappa shape index (κ3) is 3.50. The Kier molecular flexibility index (Phi) is 5.69. The van der Waals surface area contributed by atoms with Crippen LogP contribution in [0.1, 0.15) is 86.5 Å². The Morgan fingerprint density at radius 2 is 1.79 bits per heavy atom. The van der Waals surface area contributed by atoms with E-state index in [0.717, 1.165) is 24.7 Å². The van der Waals surface area contributed by atoms with Gasteiger partial charge in [0.1, 0.15) is 0 Å². The van der Waals surface area contributed by atoms with E-state index in [4.69, 9.17) is 0 Å².